The van der Waals surface area contributed by atoms with Crippen LogP contribution in [0.3, 0.4) is 0 Å². The molecule has 0 saturated carbocycles. The van der Waals surface area contributed by atoms with Gasteiger partial charge in [0.25, 0.3) is 0 Å². The second kappa shape index (κ2) is 7.42. The molecule has 0 aliphatic rings. The number of benzene rings is 1. The first-order valence-corrected chi connectivity index (χ1v) is 6.92. The fraction of sp³-hybridized carbons (Fsp3) is 0.625. The number of aryl methyl sites for hydroxylation is 1. The van der Waals surface area contributed by atoms with E-state index in [1.807, 2.05) is 13.8 Å². The third kappa shape index (κ3) is 4.34. The summed E-state index contributed by atoms with van der Waals surface area (Å²) in [5, 5.41) is 0. The maximum atomic E-state index is 5.95. The van der Waals surface area contributed by atoms with Crippen LogP contribution in [0.1, 0.15) is 51.7 Å². The Labute approximate surface area is 111 Å². The minimum Gasteiger partial charge on any atom is -0.491 e. The van der Waals surface area contributed by atoms with Crippen LogP contribution in [0.15, 0.2) is 18.2 Å². The van der Waals surface area contributed by atoms with Crippen molar-refractivity contribution >= 4 is 0 Å². The standard InChI is InChI=1S/C16H26O2/c1-6-14-8-7-9-15(12(2)3)16(14)18-11-10-17-13(4)5/h7-9,12-13H,6,10-11H2,1-5H3. The molecular weight excluding hydrogens is 224 g/mol. The summed E-state index contributed by atoms with van der Waals surface area (Å²) < 4.78 is 11.5. The molecule has 0 aliphatic heterocycles. The van der Waals surface area contributed by atoms with Crippen molar-refractivity contribution in [3.63, 3.8) is 0 Å². The Hall–Kier alpha value is -1.02. The van der Waals surface area contributed by atoms with Gasteiger partial charge in [-0.3, -0.25) is 0 Å². The van der Waals surface area contributed by atoms with Crippen molar-refractivity contribution < 1.29 is 9.47 Å². The first-order valence-electron chi connectivity index (χ1n) is 6.92. The molecular formula is C16H26O2. The van der Waals surface area contributed by atoms with Gasteiger partial charge in [0.15, 0.2) is 0 Å². The zero-order valence-corrected chi connectivity index (χ0v) is 12.3. The molecule has 0 N–H and O–H groups in total. The summed E-state index contributed by atoms with van der Waals surface area (Å²) in [5.74, 6) is 1.54. The van der Waals surface area contributed by atoms with E-state index in [1.54, 1.807) is 0 Å². The molecule has 2 heteroatoms. The predicted octanol–water partition coefficient (Wildman–Crippen LogP) is 4.18. The number of ether oxygens (including phenoxy) is 2. The first-order chi connectivity index (χ1) is 8.56. The van der Waals surface area contributed by atoms with Crippen LogP contribution in [0.2, 0.25) is 0 Å². The van der Waals surface area contributed by atoms with Crippen molar-refractivity contribution in [2.45, 2.75) is 53.1 Å². The number of hydrogen-bond donors (Lipinski definition) is 0. The molecule has 0 aliphatic carbocycles. The van der Waals surface area contributed by atoms with Gasteiger partial charge in [0.1, 0.15) is 12.4 Å². The van der Waals surface area contributed by atoms with Crippen LogP contribution in [-0.2, 0) is 11.2 Å². The van der Waals surface area contributed by atoms with Gasteiger partial charge >= 0.3 is 0 Å². The molecule has 0 heterocycles. The molecule has 102 valence electrons. The van der Waals surface area contributed by atoms with Gasteiger partial charge in [0, 0.05) is 0 Å². The van der Waals surface area contributed by atoms with E-state index < -0.39 is 0 Å². The van der Waals surface area contributed by atoms with E-state index in [-0.39, 0.29) is 6.10 Å². The van der Waals surface area contributed by atoms with Crippen LogP contribution >= 0.6 is 0 Å². The average Bonchev–Trinajstić information content (AvgIpc) is 2.33. The minimum atomic E-state index is 0.264. The molecule has 0 spiro atoms. The molecule has 0 atom stereocenters. The highest BCUT2D eigenvalue weighted by atomic mass is 16.5. The lowest BCUT2D eigenvalue weighted by atomic mass is 9.98. The van der Waals surface area contributed by atoms with Crippen molar-refractivity contribution in [2.24, 2.45) is 0 Å². The molecule has 1 aromatic rings. The summed E-state index contributed by atoms with van der Waals surface area (Å²) in [7, 11) is 0. The van der Waals surface area contributed by atoms with Crippen molar-refractivity contribution in [1.82, 2.24) is 0 Å². The molecule has 1 aromatic carbocycles. The van der Waals surface area contributed by atoms with Gasteiger partial charge in [0.2, 0.25) is 0 Å². The Morgan fingerprint density at radius 1 is 1.06 bits per heavy atom. The molecule has 0 amide bonds. The van der Waals surface area contributed by atoms with E-state index in [2.05, 4.69) is 39.0 Å². The first kappa shape index (κ1) is 15.0. The topological polar surface area (TPSA) is 18.5 Å². The highest BCUT2D eigenvalue weighted by Crippen LogP contribution is 2.30. The number of para-hydroxylation sites is 1. The maximum Gasteiger partial charge on any atom is 0.126 e. The van der Waals surface area contributed by atoms with E-state index in [1.165, 1.54) is 11.1 Å². The van der Waals surface area contributed by atoms with E-state index in [0.29, 0.717) is 19.1 Å². The van der Waals surface area contributed by atoms with E-state index >= 15 is 0 Å². The predicted molar refractivity (Wildman–Crippen MR) is 76.5 cm³/mol. The average molecular weight is 250 g/mol. The van der Waals surface area contributed by atoms with Gasteiger partial charge in [-0.05, 0) is 37.3 Å². The summed E-state index contributed by atoms with van der Waals surface area (Å²) in [5.41, 5.74) is 2.57. The molecule has 0 aromatic heterocycles. The second-order valence-corrected chi connectivity index (χ2v) is 5.11. The monoisotopic (exact) mass is 250 g/mol. The summed E-state index contributed by atoms with van der Waals surface area (Å²) in [6.07, 6.45) is 1.26. The highest BCUT2D eigenvalue weighted by molar-refractivity contribution is 5.43. The minimum absolute atomic E-state index is 0.264. The van der Waals surface area contributed by atoms with Crippen LogP contribution in [0.4, 0.5) is 0 Å². The van der Waals surface area contributed by atoms with Gasteiger partial charge in [-0.15, -0.1) is 0 Å². The smallest absolute Gasteiger partial charge is 0.126 e. The number of rotatable bonds is 7. The third-order valence-electron chi connectivity index (χ3n) is 2.91. The largest absolute Gasteiger partial charge is 0.491 e. The molecule has 0 saturated heterocycles. The van der Waals surface area contributed by atoms with Crippen molar-refractivity contribution in [3.8, 4) is 5.75 Å². The van der Waals surface area contributed by atoms with Crippen LogP contribution in [-0.4, -0.2) is 19.3 Å². The molecule has 0 unspecified atom stereocenters. The fourth-order valence-corrected chi connectivity index (χ4v) is 1.94. The van der Waals surface area contributed by atoms with Gasteiger partial charge in [0.05, 0.1) is 12.7 Å². The van der Waals surface area contributed by atoms with E-state index in [9.17, 15) is 0 Å². The van der Waals surface area contributed by atoms with Gasteiger partial charge in [-0.2, -0.15) is 0 Å². The van der Waals surface area contributed by atoms with Gasteiger partial charge in [-0.1, -0.05) is 39.0 Å². The van der Waals surface area contributed by atoms with Crippen LogP contribution in [0.5, 0.6) is 5.75 Å². The van der Waals surface area contributed by atoms with Gasteiger partial charge in [-0.25, -0.2) is 0 Å². The zero-order valence-electron chi connectivity index (χ0n) is 12.3. The van der Waals surface area contributed by atoms with E-state index in [4.69, 9.17) is 9.47 Å². The quantitative estimate of drug-likeness (QED) is 0.676. The Balaban J connectivity index is 2.72. The summed E-state index contributed by atoms with van der Waals surface area (Å²) in [6.45, 7) is 11.9. The Morgan fingerprint density at radius 3 is 2.33 bits per heavy atom. The van der Waals surface area contributed by atoms with E-state index in [0.717, 1.165) is 12.2 Å². The fourth-order valence-electron chi connectivity index (χ4n) is 1.94. The lowest BCUT2D eigenvalue weighted by Gasteiger charge is -2.18. The molecule has 0 radical (unpaired) electrons. The Morgan fingerprint density at radius 2 is 1.78 bits per heavy atom. The summed E-state index contributed by atoms with van der Waals surface area (Å²) >= 11 is 0. The van der Waals surface area contributed by atoms with Crippen LogP contribution in [0.25, 0.3) is 0 Å². The summed E-state index contributed by atoms with van der Waals surface area (Å²) in [4.78, 5) is 0. The van der Waals surface area contributed by atoms with Crippen molar-refractivity contribution in [3.05, 3.63) is 29.3 Å². The highest BCUT2D eigenvalue weighted by Gasteiger charge is 2.11. The molecule has 18 heavy (non-hydrogen) atoms. The molecule has 1 rings (SSSR count). The zero-order chi connectivity index (χ0) is 13.5. The Bertz CT molecular complexity index is 356. The summed E-state index contributed by atoms with van der Waals surface area (Å²) in [6, 6.07) is 6.42. The second-order valence-electron chi connectivity index (χ2n) is 5.11. The molecule has 0 fully saturated rings. The van der Waals surface area contributed by atoms with Crippen LogP contribution in [0, 0.1) is 0 Å². The van der Waals surface area contributed by atoms with Crippen molar-refractivity contribution in [2.75, 3.05) is 13.2 Å². The molecule has 2 nitrogen and oxygen atoms in total. The number of hydrogen-bond acceptors (Lipinski definition) is 2. The Kier molecular flexibility index (Phi) is 6.20. The van der Waals surface area contributed by atoms with Crippen molar-refractivity contribution in [1.29, 1.82) is 0 Å². The lowest BCUT2D eigenvalue weighted by Crippen LogP contribution is -2.13. The maximum absolute atomic E-state index is 5.95. The lowest BCUT2D eigenvalue weighted by molar-refractivity contribution is 0.0548. The normalized spacial score (nSPS) is 11.3. The van der Waals surface area contributed by atoms with Gasteiger partial charge < -0.3 is 9.47 Å². The van der Waals surface area contributed by atoms with Crippen LogP contribution < -0.4 is 4.74 Å². The SMILES string of the molecule is CCc1cccc(C(C)C)c1OCCOC(C)C. The third-order valence-corrected chi connectivity index (χ3v) is 2.91. The molecule has 0 bridgehead atoms.